The normalized spacial score (nSPS) is 10.2. The van der Waals surface area contributed by atoms with Gasteiger partial charge in [0.05, 0.1) is 12.1 Å². The molecule has 0 saturated carbocycles. The van der Waals surface area contributed by atoms with Crippen LogP contribution < -0.4 is 11.1 Å². The number of rotatable bonds is 6. The molecule has 0 fully saturated rings. The summed E-state index contributed by atoms with van der Waals surface area (Å²) in [5.41, 5.74) is 7.57. The number of hydrogen-bond donors (Lipinski definition) is 2. The van der Waals surface area contributed by atoms with Gasteiger partial charge in [0.15, 0.2) is 6.61 Å². The third-order valence-electron chi connectivity index (χ3n) is 3.11. The highest BCUT2D eigenvalue weighted by atomic mass is 32.1. The van der Waals surface area contributed by atoms with Gasteiger partial charge in [0.2, 0.25) is 0 Å². The van der Waals surface area contributed by atoms with Gasteiger partial charge in [0, 0.05) is 10.9 Å². The highest BCUT2D eigenvalue weighted by Crippen LogP contribution is 2.24. The van der Waals surface area contributed by atoms with Crippen LogP contribution in [-0.4, -0.2) is 29.5 Å². The second-order valence-corrected chi connectivity index (χ2v) is 5.80. The van der Waals surface area contributed by atoms with Crippen LogP contribution in [0, 0.1) is 0 Å². The minimum Gasteiger partial charge on any atom is -0.455 e. The first-order valence-electron chi connectivity index (χ1n) is 7.26. The first-order valence-corrected chi connectivity index (χ1v) is 8.14. The molecule has 8 heteroatoms. The Hall–Kier alpha value is -2.74. The van der Waals surface area contributed by atoms with Crippen molar-refractivity contribution in [2.45, 2.75) is 19.8 Å². The first-order chi connectivity index (χ1) is 11.5. The molecule has 126 valence electrons. The predicted molar refractivity (Wildman–Crippen MR) is 89.3 cm³/mol. The predicted octanol–water partition coefficient (Wildman–Crippen LogP) is 1.65. The van der Waals surface area contributed by atoms with E-state index < -0.39 is 24.5 Å². The lowest BCUT2D eigenvalue weighted by molar-refractivity contribution is -0.147. The van der Waals surface area contributed by atoms with Crippen molar-refractivity contribution in [3.05, 3.63) is 40.9 Å². The van der Waals surface area contributed by atoms with Crippen LogP contribution in [0.15, 0.2) is 29.6 Å². The molecule has 3 amide bonds. The average Bonchev–Trinajstić information content (AvgIpc) is 3.01. The van der Waals surface area contributed by atoms with E-state index >= 15 is 0 Å². The zero-order valence-corrected chi connectivity index (χ0v) is 13.9. The monoisotopic (exact) mass is 347 g/mol. The maximum atomic E-state index is 11.7. The van der Waals surface area contributed by atoms with E-state index in [2.05, 4.69) is 11.9 Å². The molecule has 1 aromatic carbocycles. The Morgan fingerprint density at radius 3 is 2.58 bits per heavy atom. The van der Waals surface area contributed by atoms with Gasteiger partial charge in [0.25, 0.3) is 5.91 Å². The van der Waals surface area contributed by atoms with Crippen molar-refractivity contribution < 1.29 is 19.1 Å². The van der Waals surface area contributed by atoms with Gasteiger partial charge in [-0.15, -0.1) is 11.3 Å². The quantitative estimate of drug-likeness (QED) is 0.772. The van der Waals surface area contributed by atoms with Crippen molar-refractivity contribution >= 4 is 29.2 Å². The molecule has 0 aliphatic heterocycles. The van der Waals surface area contributed by atoms with Gasteiger partial charge < -0.3 is 10.5 Å². The number of benzene rings is 1. The molecule has 3 N–H and O–H groups in total. The molecule has 2 aromatic rings. The molecule has 0 bridgehead atoms. The smallest absolute Gasteiger partial charge is 0.318 e. The Bertz CT molecular complexity index is 740. The number of ether oxygens (including phenoxy) is 1. The second kappa shape index (κ2) is 8.21. The maximum absolute atomic E-state index is 11.7. The summed E-state index contributed by atoms with van der Waals surface area (Å²) < 4.78 is 4.76. The van der Waals surface area contributed by atoms with Crippen molar-refractivity contribution in [1.82, 2.24) is 10.3 Å². The number of nitrogens with zero attached hydrogens (tertiary/aromatic N) is 1. The molecule has 1 heterocycles. The largest absolute Gasteiger partial charge is 0.455 e. The summed E-state index contributed by atoms with van der Waals surface area (Å²) in [4.78, 5) is 37.7. The van der Waals surface area contributed by atoms with E-state index in [1.165, 1.54) is 16.9 Å². The van der Waals surface area contributed by atoms with Gasteiger partial charge in [0.1, 0.15) is 5.01 Å². The van der Waals surface area contributed by atoms with Crippen LogP contribution in [-0.2, 0) is 27.2 Å². The fourth-order valence-corrected chi connectivity index (χ4v) is 2.75. The van der Waals surface area contributed by atoms with Gasteiger partial charge in [-0.25, -0.2) is 9.78 Å². The molecule has 0 aliphatic rings. The van der Waals surface area contributed by atoms with E-state index in [1.54, 1.807) is 10.7 Å². The Labute approximate surface area is 142 Å². The summed E-state index contributed by atoms with van der Waals surface area (Å²) in [7, 11) is 0. The van der Waals surface area contributed by atoms with Crippen molar-refractivity contribution in [2.75, 3.05) is 6.61 Å². The van der Waals surface area contributed by atoms with Crippen LogP contribution in [0.3, 0.4) is 0 Å². The Morgan fingerprint density at radius 2 is 1.96 bits per heavy atom. The lowest BCUT2D eigenvalue weighted by Crippen LogP contribution is -2.37. The summed E-state index contributed by atoms with van der Waals surface area (Å²) in [6.07, 6.45) is 0.923. The number of nitrogens with one attached hydrogen (secondary N) is 1. The summed E-state index contributed by atoms with van der Waals surface area (Å²) >= 11 is 1.43. The fourth-order valence-electron chi connectivity index (χ4n) is 1.92. The van der Waals surface area contributed by atoms with E-state index in [-0.39, 0.29) is 6.42 Å². The van der Waals surface area contributed by atoms with Gasteiger partial charge in [-0.1, -0.05) is 31.2 Å². The van der Waals surface area contributed by atoms with E-state index in [0.29, 0.717) is 5.69 Å². The number of imide groups is 1. The lowest BCUT2D eigenvalue weighted by atomic mass is 10.1. The van der Waals surface area contributed by atoms with E-state index in [9.17, 15) is 14.4 Å². The molecule has 0 radical (unpaired) electrons. The minimum atomic E-state index is -0.991. The highest BCUT2D eigenvalue weighted by Gasteiger charge is 2.12. The van der Waals surface area contributed by atoms with Crippen LogP contribution >= 0.6 is 11.3 Å². The molecular weight excluding hydrogens is 330 g/mol. The third kappa shape index (κ3) is 5.17. The SMILES string of the molecule is CCc1ccc(-c2nc(CC(=O)OCC(=O)NC(N)=O)cs2)cc1. The molecule has 24 heavy (non-hydrogen) atoms. The number of thiazole rings is 1. The standard InChI is InChI=1S/C16H17N3O4S/c1-2-10-3-5-11(6-4-10)15-18-12(9-24-15)7-14(21)23-8-13(20)19-16(17)22/h3-6,9H,2,7-8H2,1H3,(H3,17,19,20,22). The molecule has 0 spiro atoms. The van der Waals surface area contributed by atoms with Gasteiger partial charge >= 0.3 is 12.0 Å². The van der Waals surface area contributed by atoms with Crippen LogP contribution in [0.4, 0.5) is 4.79 Å². The number of urea groups is 1. The van der Waals surface area contributed by atoms with Gasteiger partial charge in [-0.2, -0.15) is 0 Å². The minimum absolute atomic E-state index is 0.0482. The first kappa shape index (κ1) is 17.6. The topological polar surface area (TPSA) is 111 Å². The van der Waals surface area contributed by atoms with Crippen LogP contribution in [0.5, 0.6) is 0 Å². The van der Waals surface area contributed by atoms with Crippen LogP contribution in [0.25, 0.3) is 10.6 Å². The number of hydrogen-bond acceptors (Lipinski definition) is 6. The number of nitrogens with two attached hydrogens (primary N) is 1. The number of aromatic nitrogens is 1. The molecule has 7 nitrogen and oxygen atoms in total. The molecule has 0 atom stereocenters. The molecule has 2 rings (SSSR count). The van der Waals surface area contributed by atoms with Crippen LogP contribution in [0.1, 0.15) is 18.2 Å². The average molecular weight is 347 g/mol. The summed E-state index contributed by atoms with van der Waals surface area (Å²) in [5.74, 6) is -1.38. The summed E-state index contributed by atoms with van der Waals surface area (Å²) in [6.45, 7) is 1.53. The third-order valence-corrected chi connectivity index (χ3v) is 4.05. The molecular formula is C16H17N3O4S. The van der Waals surface area contributed by atoms with E-state index in [4.69, 9.17) is 10.5 Å². The van der Waals surface area contributed by atoms with Gasteiger partial charge in [-0.3, -0.25) is 14.9 Å². The number of amides is 3. The number of aryl methyl sites for hydroxylation is 1. The molecule has 0 saturated heterocycles. The molecule has 0 aliphatic carbocycles. The van der Waals surface area contributed by atoms with E-state index in [0.717, 1.165) is 17.0 Å². The zero-order chi connectivity index (χ0) is 17.5. The van der Waals surface area contributed by atoms with E-state index in [1.807, 2.05) is 24.3 Å². The van der Waals surface area contributed by atoms with Gasteiger partial charge in [-0.05, 0) is 12.0 Å². The van der Waals surface area contributed by atoms with Crippen molar-refractivity contribution in [2.24, 2.45) is 5.73 Å². The second-order valence-electron chi connectivity index (χ2n) is 4.94. The lowest BCUT2D eigenvalue weighted by Gasteiger charge is -2.03. The van der Waals surface area contributed by atoms with Crippen molar-refractivity contribution in [3.63, 3.8) is 0 Å². The van der Waals surface area contributed by atoms with Crippen molar-refractivity contribution in [1.29, 1.82) is 0 Å². The zero-order valence-electron chi connectivity index (χ0n) is 13.1. The molecule has 0 unspecified atom stereocenters. The summed E-state index contributed by atoms with van der Waals surface area (Å²) in [5, 5.41) is 4.39. The summed E-state index contributed by atoms with van der Waals surface area (Å²) in [6, 6.07) is 7.08. The number of carbonyl (C=O) groups excluding carboxylic acids is 3. The fraction of sp³-hybridized carbons (Fsp3) is 0.250. The number of primary amides is 1. The highest BCUT2D eigenvalue weighted by molar-refractivity contribution is 7.13. The Kier molecular flexibility index (Phi) is 6.02. The maximum Gasteiger partial charge on any atom is 0.318 e. The molecule has 1 aromatic heterocycles. The van der Waals surface area contributed by atoms with Crippen molar-refractivity contribution in [3.8, 4) is 10.6 Å². The Morgan fingerprint density at radius 1 is 1.25 bits per heavy atom. The number of carbonyl (C=O) groups is 3. The number of esters is 1. The van der Waals surface area contributed by atoms with Crippen LogP contribution in [0.2, 0.25) is 0 Å². The Balaban J connectivity index is 1.89.